The first kappa shape index (κ1) is 11.4. The molecule has 0 amide bonds. The van der Waals surface area contributed by atoms with Gasteiger partial charge in [-0.3, -0.25) is 0 Å². The Morgan fingerprint density at radius 1 is 1.16 bits per heavy atom. The predicted molar refractivity (Wildman–Crippen MR) is 76.8 cm³/mol. The molecular formula is C17H15ClO. The molecule has 0 radical (unpaired) electrons. The lowest BCUT2D eigenvalue weighted by Gasteiger charge is -2.11. The van der Waals surface area contributed by atoms with Crippen molar-refractivity contribution in [1.82, 2.24) is 0 Å². The van der Waals surface area contributed by atoms with Crippen LogP contribution in [-0.4, -0.2) is 0 Å². The molecule has 2 aliphatic carbocycles. The Kier molecular flexibility index (Phi) is 2.56. The van der Waals surface area contributed by atoms with Crippen LogP contribution in [0.2, 0.25) is 5.02 Å². The second-order valence-electron chi connectivity index (χ2n) is 5.56. The van der Waals surface area contributed by atoms with Gasteiger partial charge in [-0.2, -0.15) is 0 Å². The van der Waals surface area contributed by atoms with E-state index in [1.807, 2.05) is 24.3 Å². The van der Waals surface area contributed by atoms with E-state index in [1.165, 1.54) is 29.5 Å². The lowest BCUT2D eigenvalue weighted by molar-refractivity contribution is 0.306. The van der Waals surface area contributed by atoms with E-state index in [9.17, 15) is 0 Å². The maximum absolute atomic E-state index is 6.40. The summed E-state index contributed by atoms with van der Waals surface area (Å²) >= 11 is 6.40. The van der Waals surface area contributed by atoms with Gasteiger partial charge in [0.15, 0.2) is 0 Å². The highest BCUT2D eigenvalue weighted by Gasteiger charge is 2.46. The maximum atomic E-state index is 6.40. The summed E-state index contributed by atoms with van der Waals surface area (Å²) in [6, 6.07) is 14.4. The first-order valence-electron chi connectivity index (χ1n) is 6.80. The smallest absolute Gasteiger partial charge is 0.121 e. The van der Waals surface area contributed by atoms with E-state index in [0.29, 0.717) is 6.61 Å². The van der Waals surface area contributed by atoms with Crippen LogP contribution in [0.15, 0.2) is 42.5 Å². The van der Waals surface area contributed by atoms with Gasteiger partial charge in [0.1, 0.15) is 12.4 Å². The molecule has 2 aromatic carbocycles. The average molecular weight is 271 g/mol. The van der Waals surface area contributed by atoms with E-state index in [2.05, 4.69) is 18.2 Å². The number of halogens is 1. The van der Waals surface area contributed by atoms with Crippen molar-refractivity contribution in [2.45, 2.75) is 25.4 Å². The summed E-state index contributed by atoms with van der Waals surface area (Å²) in [7, 11) is 0. The van der Waals surface area contributed by atoms with E-state index in [-0.39, 0.29) is 0 Å². The summed E-state index contributed by atoms with van der Waals surface area (Å²) in [6.45, 7) is 0.600. The SMILES string of the molecule is Clc1cc(OCc2ccccc2)cc2c1C1CC1C2. The molecule has 0 heterocycles. The van der Waals surface area contributed by atoms with Crippen molar-refractivity contribution in [1.29, 1.82) is 0 Å². The van der Waals surface area contributed by atoms with Crippen LogP contribution in [0.3, 0.4) is 0 Å². The molecule has 96 valence electrons. The van der Waals surface area contributed by atoms with Gasteiger partial charge >= 0.3 is 0 Å². The quantitative estimate of drug-likeness (QED) is 0.793. The van der Waals surface area contributed by atoms with Gasteiger partial charge in [-0.1, -0.05) is 41.9 Å². The van der Waals surface area contributed by atoms with Gasteiger partial charge in [-0.25, -0.2) is 0 Å². The Morgan fingerprint density at radius 2 is 2.00 bits per heavy atom. The lowest BCUT2D eigenvalue weighted by atomic mass is 10.1. The predicted octanol–water partition coefficient (Wildman–Crippen LogP) is 4.58. The molecule has 0 aromatic heterocycles. The zero-order chi connectivity index (χ0) is 12.8. The fraction of sp³-hybridized carbons (Fsp3) is 0.294. The highest BCUT2D eigenvalue weighted by Crippen LogP contribution is 2.58. The summed E-state index contributed by atoms with van der Waals surface area (Å²) in [6.07, 6.45) is 2.51. The van der Waals surface area contributed by atoms with Crippen molar-refractivity contribution in [2.75, 3.05) is 0 Å². The molecule has 0 saturated heterocycles. The molecule has 2 aliphatic rings. The van der Waals surface area contributed by atoms with Crippen LogP contribution in [0.4, 0.5) is 0 Å². The van der Waals surface area contributed by atoms with E-state index in [4.69, 9.17) is 16.3 Å². The van der Waals surface area contributed by atoms with Crippen LogP contribution in [0.5, 0.6) is 5.75 Å². The zero-order valence-electron chi connectivity index (χ0n) is 10.6. The van der Waals surface area contributed by atoms with Gasteiger partial charge in [0.2, 0.25) is 0 Å². The van der Waals surface area contributed by atoms with E-state index >= 15 is 0 Å². The zero-order valence-corrected chi connectivity index (χ0v) is 11.4. The summed E-state index contributed by atoms with van der Waals surface area (Å²) in [5.41, 5.74) is 3.97. The molecular weight excluding hydrogens is 256 g/mol. The minimum absolute atomic E-state index is 0.600. The Bertz CT molecular complexity index is 621. The number of hydrogen-bond acceptors (Lipinski definition) is 1. The molecule has 2 aromatic rings. The number of ether oxygens (including phenoxy) is 1. The minimum Gasteiger partial charge on any atom is -0.489 e. The molecule has 0 bridgehead atoms. The monoisotopic (exact) mass is 270 g/mol. The summed E-state index contributed by atoms with van der Waals surface area (Å²) < 4.78 is 5.86. The van der Waals surface area contributed by atoms with Crippen molar-refractivity contribution in [2.24, 2.45) is 5.92 Å². The Morgan fingerprint density at radius 3 is 2.84 bits per heavy atom. The van der Waals surface area contributed by atoms with Crippen LogP contribution in [0, 0.1) is 5.92 Å². The maximum Gasteiger partial charge on any atom is 0.121 e. The summed E-state index contributed by atoms with van der Waals surface area (Å²) in [4.78, 5) is 0. The lowest BCUT2D eigenvalue weighted by Crippen LogP contribution is -1.97. The van der Waals surface area contributed by atoms with Gasteiger partial charge in [0.25, 0.3) is 0 Å². The van der Waals surface area contributed by atoms with Crippen LogP contribution >= 0.6 is 11.6 Å². The van der Waals surface area contributed by atoms with Gasteiger partial charge in [-0.15, -0.1) is 0 Å². The van der Waals surface area contributed by atoms with Crippen molar-refractivity contribution in [3.8, 4) is 5.75 Å². The molecule has 1 saturated carbocycles. The molecule has 1 fully saturated rings. The van der Waals surface area contributed by atoms with Crippen LogP contribution in [-0.2, 0) is 13.0 Å². The molecule has 0 aliphatic heterocycles. The third-order valence-corrected chi connectivity index (χ3v) is 4.53. The molecule has 4 rings (SSSR count). The highest BCUT2D eigenvalue weighted by atomic mass is 35.5. The fourth-order valence-corrected chi connectivity index (χ4v) is 3.53. The molecule has 0 N–H and O–H groups in total. The van der Waals surface area contributed by atoms with Gasteiger partial charge in [-0.05, 0) is 53.5 Å². The van der Waals surface area contributed by atoms with E-state index in [1.54, 1.807) is 0 Å². The molecule has 19 heavy (non-hydrogen) atoms. The molecule has 2 atom stereocenters. The van der Waals surface area contributed by atoms with E-state index in [0.717, 1.165) is 22.6 Å². The van der Waals surface area contributed by atoms with Gasteiger partial charge < -0.3 is 4.74 Å². The largest absolute Gasteiger partial charge is 0.489 e. The van der Waals surface area contributed by atoms with Crippen LogP contribution in [0.25, 0.3) is 0 Å². The molecule has 0 spiro atoms. The van der Waals surface area contributed by atoms with Crippen molar-refractivity contribution in [3.05, 3.63) is 64.2 Å². The Balaban J connectivity index is 1.55. The average Bonchev–Trinajstić information content (AvgIpc) is 3.08. The highest BCUT2D eigenvalue weighted by molar-refractivity contribution is 6.31. The Labute approximate surface area is 118 Å². The number of hydrogen-bond donors (Lipinski definition) is 0. The molecule has 2 unspecified atom stereocenters. The number of benzene rings is 2. The summed E-state index contributed by atoms with van der Waals surface area (Å²) in [5.74, 6) is 2.50. The summed E-state index contributed by atoms with van der Waals surface area (Å²) in [5, 5.41) is 0.894. The number of rotatable bonds is 3. The van der Waals surface area contributed by atoms with Crippen LogP contribution in [0.1, 0.15) is 29.0 Å². The van der Waals surface area contributed by atoms with Crippen molar-refractivity contribution >= 4 is 11.6 Å². The second kappa shape index (κ2) is 4.28. The standard InChI is InChI=1S/C17H15ClO/c18-16-9-14(19-10-11-4-2-1-3-5-11)7-13-6-12-8-15(12)17(13)16/h1-5,7,9,12,15H,6,8,10H2. The van der Waals surface area contributed by atoms with Crippen LogP contribution < -0.4 is 4.74 Å². The number of fused-ring (bicyclic) bond motifs is 3. The Hall–Kier alpha value is -1.47. The first-order chi connectivity index (χ1) is 9.31. The van der Waals surface area contributed by atoms with Crippen molar-refractivity contribution in [3.63, 3.8) is 0 Å². The second-order valence-corrected chi connectivity index (χ2v) is 5.97. The first-order valence-corrected chi connectivity index (χ1v) is 7.18. The normalized spacial score (nSPS) is 22.8. The topological polar surface area (TPSA) is 9.23 Å². The molecule has 2 heteroatoms. The van der Waals surface area contributed by atoms with E-state index < -0.39 is 0 Å². The third-order valence-electron chi connectivity index (χ3n) is 4.21. The van der Waals surface area contributed by atoms with Gasteiger partial charge in [0.05, 0.1) is 0 Å². The van der Waals surface area contributed by atoms with Gasteiger partial charge in [0, 0.05) is 5.02 Å². The third kappa shape index (κ3) is 2.02. The fourth-order valence-electron chi connectivity index (χ4n) is 3.16. The minimum atomic E-state index is 0.600. The van der Waals surface area contributed by atoms with Crippen molar-refractivity contribution < 1.29 is 4.74 Å². The molecule has 1 nitrogen and oxygen atoms in total.